The Morgan fingerprint density at radius 1 is 1.04 bits per heavy atom. The number of benzene rings is 2. The minimum absolute atomic E-state index is 0.00834. The molecule has 1 aliphatic heterocycles. The summed E-state index contributed by atoms with van der Waals surface area (Å²) >= 11 is 0. The van der Waals surface area contributed by atoms with E-state index in [1.165, 1.54) is 4.31 Å². The van der Waals surface area contributed by atoms with Crippen LogP contribution in [-0.4, -0.2) is 50.4 Å². The number of piperazine rings is 1. The number of ether oxygens (including phenoxy) is 1. The molecule has 0 saturated carbocycles. The summed E-state index contributed by atoms with van der Waals surface area (Å²) in [6.45, 7) is 4.37. The van der Waals surface area contributed by atoms with Crippen LogP contribution < -0.4 is 4.74 Å². The molecule has 1 saturated heterocycles. The molecule has 1 aliphatic rings. The first-order chi connectivity index (χ1) is 13.5. The maximum Gasteiger partial charge on any atom is 0.218 e. The van der Waals surface area contributed by atoms with E-state index in [-0.39, 0.29) is 5.75 Å². The fraction of sp³-hybridized carbons (Fsp3) is 0.381. The molecular weight excluding hydrogens is 374 g/mol. The number of hydrogen-bond donors (Lipinski definition) is 0. The van der Waals surface area contributed by atoms with E-state index in [2.05, 4.69) is 6.07 Å². The highest BCUT2D eigenvalue weighted by molar-refractivity contribution is 7.88. The second kappa shape index (κ2) is 9.20. The van der Waals surface area contributed by atoms with E-state index < -0.39 is 16.1 Å². The normalized spacial score (nSPS) is 17.0. The van der Waals surface area contributed by atoms with Gasteiger partial charge in [0.15, 0.2) is 0 Å². The van der Waals surface area contributed by atoms with E-state index >= 15 is 0 Å². The van der Waals surface area contributed by atoms with Crippen molar-refractivity contribution in [2.24, 2.45) is 0 Å². The average molecular weight is 400 g/mol. The molecule has 0 spiro atoms. The first-order valence-corrected chi connectivity index (χ1v) is 11.0. The molecule has 1 unspecified atom stereocenters. The highest BCUT2D eigenvalue weighted by Gasteiger charge is 2.30. The number of hydrogen-bond acceptors (Lipinski definition) is 5. The van der Waals surface area contributed by atoms with E-state index in [4.69, 9.17) is 4.74 Å². The van der Waals surface area contributed by atoms with Crippen LogP contribution in [0.25, 0.3) is 0 Å². The lowest BCUT2D eigenvalue weighted by atomic mass is 10.1. The molecule has 6 nitrogen and oxygen atoms in total. The number of rotatable bonds is 7. The third kappa shape index (κ3) is 4.90. The molecule has 0 aromatic heterocycles. The molecule has 0 N–H and O–H groups in total. The molecular formula is C21H25N3O3S. The monoisotopic (exact) mass is 399 g/mol. The third-order valence-corrected chi connectivity index (χ3v) is 6.70. The Kier molecular flexibility index (Phi) is 6.68. The van der Waals surface area contributed by atoms with E-state index in [1.54, 1.807) is 0 Å². The first-order valence-electron chi connectivity index (χ1n) is 9.41. The second-order valence-corrected chi connectivity index (χ2v) is 8.68. The highest BCUT2D eigenvalue weighted by atomic mass is 32.2. The molecule has 148 valence electrons. The third-order valence-electron chi connectivity index (χ3n) is 4.85. The zero-order valence-electron chi connectivity index (χ0n) is 16.0. The maximum absolute atomic E-state index is 12.7. The lowest BCUT2D eigenvalue weighted by Crippen LogP contribution is -2.49. The fourth-order valence-corrected chi connectivity index (χ4v) is 4.91. The van der Waals surface area contributed by atoms with Crippen LogP contribution in [0, 0.1) is 11.3 Å². The molecule has 0 amide bonds. The summed E-state index contributed by atoms with van der Waals surface area (Å²) in [7, 11) is -3.36. The molecule has 0 radical (unpaired) electrons. The van der Waals surface area contributed by atoms with Gasteiger partial charge in [-0.3, -0.25) is 4.90 Å². The molecule has 1 atom stereocenters. The van der Waals surface area contributed by atoms with Gasteiger partial charge in [-0.25, -0.2) is 8.42 Å². The lowest BCUT2D eigenvalue weighted by molar-refractivity contribution is 0.162. The van der Waals surface area contributed by atoms with Crippen molar-refractivity contribution in [3.8, 4) is 11.8 Å². The van der Waals surface area contributed by atoms with Gasteiger partial charge in [0.05, 0.1) is 18.4 Å². The standard InChI is InChI=1S/C21H25N3O3S/c1-2-27-20-10-8-19(9-11-20)21(16-22)23-12-14-24(15-13-23)28(25,26)17-18-6-4-3-5-7-18/h3-11,21H,2,12-15,17H2,1H3. The van der Waals surface area contributed by atoms with Crippen LogP contribution in [0.2, 0.25) is 0 Å². The Morgan fingerprint density at radius 3 is 2.25 bits per heavy atom. The van der Waals surface area contributed by atoms with Crippen molar-refractivity contribution in [3.05, 3.63) is 65.7 Å². The fourth-order valence-electron chi connectivity index (χ4n) is 3.40. The molecule has 2 aromatic carbocycles. The highest BCUT2D eigenvalue weighted by Crippen LogP contribution is 2.25. The minimum atomic E-state index is -3.36. The van der Waals surface area contributed by atoms with Gasteiger partial charge in [-0.1, -0.05) is 42.5 Å². The molecule has 0 bridgehead atoms. The quantitative estimate of drug-likeness (QED) is 0.716. The van der Waals surface area contributed by atoms with Crippen molar-refractivity contribution in [1.82, 2.24) is 9.21 Å². The van der Waals surface area contributed by atoms with Gasteiger partial charge in [0.25, 0.3) is 0 Å². The molecule has 7 heteroatoms. The predicted molar refractivity (Wildman–Crippen MR) is 108 cm³/mol. The van der Waals surface area contributed by atoms with Crippen LogP contribution in [0.3, 0.4) is 0 Å². The van der Waals surface area contributed by atoms with Crippen molar-refractivity contribution in [1.29, 1.82) is 5.26 Å². The SMILES string of the molecule is CCOc1ccc(C(C#N)N2CCN(S(=O)(=O)Cc3ccccc3)CC2)cc1. The Morgan fingerprint density at radius 2 is 1.68 bits per heavy atom. The van der Waals surface area contributed by atoms with Gasteiger partial charge in [0, 0.05) is 26.2 Å². The molecule has 1 heterocycles. The van der Waals surface area contributed by atoms with Gasteiger partial charge < -0.3 is 4.74 Å². The van der Waals surface area contributed by atoms with Crippen molar-refractivity contribution < 1.29 is 13.2 Å². The lowest BCUT2D eigenvalue weighted by Gasteiger charge is -2.36. The zero-order valence-corrected chi connectivity index (χ0v) is 16.8. The van der Waals surface area contributed by atoms with Crippen LogP contribution in [0.4, 0.5) is 0 Å². The number of nitrogens with zero attached hydrogens (tertiary/aromatic N) is 3. The topological polar surface area (TPSA) is 73.6 Å². The molecule has 2 aromatic rings. The van der Waals surface area contributed by atoms with Crippen LogP contribution in [-0.2, 0) is 15.8 Å². The summed E-state index contributed by atoms with van der Waals surface area (Å²) in [5.41, 5.74) is 1.68. The van der Waals surface area contributed by atoms with Crippen molar-refractivity contribution in [2.45, 2.75) is 18.7 Å². The molecule has 0 aliphatic carbocycles. The average Bonchev–Trinajstić information content (AvgIpc) is 2.71. The summed E-state index contributed by atoms with van der Waals surface area (Å²) in [5, 5.41) is 9.67. The number of nitriles is 1. The van der Waals surface area contributed by atoms with Crippen LogP contribution >= 0.6 is 0 Å². The van der Waals surface area contributed by atoms with E-state index in [9.17, 15) is 13.7 Å². The van der Waals surface area contributed by atoms with Crippen molar-refractivity contribution in [3.63, 3.8) is 0 Å². The predicted octanol–water partition coefficient (Wildman–Crippen LogP) is 2.80. The molecule has 28 heavy (non-hydrogen) atoms. The summed E-state index contributed by atoms with van der Waals surface area (Å²) in [6.07, 6.45) is 0. The van der Waals surface area contributed by atoms with Gasteiger partial charge in [-0.05, 0) is 30.2 Å². The summed E-state index contributed by atoms with van der Waals surface area (Å²) in [4.78, 5) is 2.03. The van der Waals surface area contributed by atoms with E-state index in [0.717, 1.165) is 16.9 Å². The molecule has 3 rings (SSSR count). The van der Waals surface area contributed by atoms with E-state index in [0.29, 0.717) is 32.8 Å². The van der Waals surface area contributed by atoms with Gasteiger partial charge in [0.2, 0.25) is 10.0 Å². The first kappa shape index (κ1) is 20.3. The summed E-state index contributed by atoms with van der Waals surface area (Å²) < 4.78 is 32.4. The number of sulfonamides is 1. The van der Waals surface area contributed by atoms with Gasteiger partial charge in [0.1, 0.15) is 11.8 Å². The van der Waals surface area contributed by atoms with Crippen LogP contribution in [0.15, 0.2) is 54.6 Å². The van der Waals surface area contributed by atoms with Crippen molar-refractivity contribution in [2.75, 3.05) is 32.8 Å². The molecule has 1 fully saturated rings. The largest absolute Gasteiger partial charge is 0.494 e. The van der Waals surface area contributed by atoms with Gasteiger partial charge in [-0.15, -0.1) is 0 Å². The maximum atomic E-state index is 12.7. The van der Waals surface area contributed by atoms with Crippen LogP contribution in [0.1, 0.15) is 24.1 Å². The Labute approximate surface area is 167 Å². The zero-order chi connectivity index (χ0) is 20.0. The summed E-state index contributed by atoms with van der Waals surface area (Å²) in [5.74, 6) is 0.786. The Hall–Kier alpha value is -2.40. The second-order valence-electron chi connectivity index (χ2n) is 6.71. The Balaban J connectivity index is 1.62. The van der Waals surface area contributed by atoms with Crippen molar-refractivity contribution >= 4 is 10.0 Å². The van der Waals surface area contributed by atoms with E-state index in [1.807, 2.05) is 66.4 Å². The van der Waals surface area contributed by atoms with Crippen LogP contribution in [0.5, 0.6) is 5.75 Å². The Bertz CT molecular complexity index is 900. The summed E-state index contributed by atoms with van der Waals surface area (Å²) in [6, 6.07) is 18.7. The van der Waals surface area contributed by atoms with Gasteiger partial charge in [-0.2, -0.15) is 9.57 Å². The minimum Gasteiger partial charge on any atom is -0.494 e. The van der Waals surface area contributed by atoms with Gasteiger partial charge >= 0.3 is 0 Å². The smallest absolute Gasteiger partial charge is 0.218 e.